The van der Waals surface area contributed by atoms with Crippen molar-refractivity contribution < 1.29 is 14.0 Å². The number of nitrogens with zero attached hydrogens (tertiary/aromatic N) is 1. The molecule has 6 heteroatoms. The van der Waals surface area contributed by atoms with Gasteiger partial charge in [0.05, 0.1) is 10.9 Å². The van der Waals surface area contributed by atoms with Gasteiger partial charge >= 0.3 is 0 Å². The maximum atomic E-state index is 13.3. The monoisotopic (exact) mass is 349 g/mol. The summed E-state index contributed by atoms with van der Waals surface area (Å²) in [5.74, 6) is -0.550. The molecule has 0 N–H and O–H groups in total. The van der Waals surface area contributed by atoms with Gasteiger partial charge in [-0.25, -0.2) is 9.29 Å². The van der Waals surface area contributed by atoms with Crippen molar-refractivity contribution in [3.05, 3.63) is 64.9 Å². The average molecular weight is 350 g/mol. The van der Waals surface area contributed by atoms with Crippen LogP contribution in [0.1, 0.15) is 12.0 Å². The second kappa shape index (κ2) is 6.72. The lowest BCUT2D eigenvalue weighted by atomic mass is 10.2. The maximum Gasteiger partial charge on any atom is 0.247 e. The second-order valence-corrected chi connectivity index (χ2v) is 6.74. The molecule has 0 aromatic heterocycles. The zero-order valence-electron chi connectivity index (χ0n) is 12.0. The van der Waals surface area contributed by atoms with Crippen LogP contribution in [0.15, 0.2) is 48.5 Å². The molecule has 1 aliphatic heterocycles. The van der Waals surface area contributed by atoms with Crippen LogP contribution in [0.5, 0.6) is 0 Å². The first-order chi connectivity index (χ1) is 11.1. The number of hydrogen-bond donors (Lipinski definition) is 0. The van der Waals surface area contributed by atoms with E-state index in [-0.39, 0.29) is 23.9 Å². The Morgan fingerprint density at radius 2 is 1.96 bits per heavy atom. The van der Waals surface area contributed by atoms with E-state index in [1.165, 1.54) is 30.0 Å². The molecule has 1 atom stereocenters. The van der Waals surface area contributed by atoms with Crippen LogP contribution in [0.4, 0.5) is 10.1 Å². The number of hydrogen-bond acceptors (Lipinski definition) is 3. The van der Waals surface area contributed by atoms with Crippen LogP contribution in [-0.4, -0.2) is 17.1 Å². The van der Waals surface area contributed by atoms with Gasteiger partial charge in [0, 0.05) is 17.2 Å². The summed E-state index contributed by atoms with van der Waals surface area (Å²) in [7, 11) is 0. The lowest BCUT2D eigenvalue weighted by molar-refractivity contribution is -0.121. The first-order valence-corrected chi connectivity index (χ1v) is 8.46. The van der Waals surface area contributed by atoms with E-state index < -0.39 is 11.1 Å². The molecule has 1 heterocycles. The van der Waals surface area contributed by atoms with Gasteiger partial charge in [0.15, 0.2) is 0 Å². The molecular weight excluding hydrogens is 337 g/mol. The van der Waals surface area contributed by atoms with Crippen molar-refractivity contribution in [3.63, 3.8) is 0 Å². The molecule has 3 nitrogen and oxygen atoms in total. The summed E-state index contributed by atoms with van der Waals surface area (Å²) in [4.78, 5) is 25.7. The molecule has 118 valence electrons. The molecule has 0 aliphatic carbocycles. The number of thioether (sulfide) groups is 1. The van der Waals surface area contributed by atoms with Gasteiger partial charge in [-0.3, -0.25) is 9.59 Å². The first kappa shape index (κ1) is 16.0. The molecule has 1 saturated heterocycles. The fourth-order valence-corrected chi connectivity index (χ4v) is 3.85. The highest BCUT2D eigenvalue weighted by molar-refractivity contribution is 7.99. The van der Waals surface area contributed by atoms with Crippen molar-refractivity contribution in [2.24, 2.45) is 0 Å². The van der Waals surface area contributed by atoms with E-state index in [9.17, 15) is 14.0 Å². The highest BCUT2D eigenvalue weighted by Gasteiger charge is 2.39. The number of halogens is 2. The van der Waals surface area contributed by atoms with Gasteiger partial charge in [0.2, 0.25) is 11.8 Å². The van der Waals surface area contributed by atoms with E-state index in [1.807, 2.05) is 18.2 Å². The Balaban J connectivity index is 1.73. The number of carbonyl (C=O) groups is 2. The van der Waals surface area contributed by atoms with Gasteiger partial charge in [-0.2, -0.15) is 0 Å². The zero-order chi connectivity index (χ0) is 16.4. The number of anilines is 1. The van der Waals surface area contributed by atoms with Crippen molar-refractivity contribution in [3.8, 4) is 0 Å². The molecule has 1 aliphatic rings. The smallest absolute Gasteiger partial charge is 0.247 e. The van der Waals surface area contributed by atoms with Gasteiger partial charge < -0.3 is 0 Å². The normalized spacial score (nSPS) is 17.8. The molecule has 2 aromatic rings. The summed E-state index contributed by atoms with van der Waals surface area (Å²) in [5.41, 5.74) is 1.20. The summed E-state index contributed by atoms with van der Waals surface area (Å²) in [5, 5.41) is 0.167. The Bertz CT molecular complexity index is 768. The number of rotatable bonds is 4. The van der Waals surface area contributed by atoms with Crippen LogP contribution in [0.25, 0.3) is 0 Å². The number of amides is 2. The third kappa shape index (κ3) is 3.41. The quantitative estimate of drug-likeness (QED) is 0.782. The third-order valence-electron chi connectivity index (χ3n) is 3.57. The van der Waals surface area contributed by atoms with E-state index in [0.29, 0.717) is 10.8 Å². The van der Waals surface area contributed by atoms with Gasteiger partial charge in [0.1, 0.15) is 5.82 Å². The van der Waals surface area contributed by atoms with E-state index in [1.54, 1.807) is 12.1 Å². The molecule has 3 rings (SSSR count). The molecule has 0 spiro atoms. The number of carbonyl (C=O) groups excluding carboxylic acids is 2. The van der Waals surface area contributed by atoms with Crippen LogP contribution in [-0.2, 0) is 15.3 Å². The highest BCUT2D eigenvalue weighted by Crippen LogP contribution is 2.32. The summed E-state index contributed by atoms with van der Waals surface area (Å²) in [6.45, 7) is 0. The van der Waals surface area contributed by atoms with Crippen LogP contribution < -0.4 is 4.90 Å². The molecular formula is C17H13ClFNO2S. The lowest BCUT2D eigenvalue weighted by Gasteiger charge is -2.15. The van der Waals surface area contributed by atoms with Crippen molar-refractivity contribution in [1.29, 1.82) is 0 Å². The molecule has 1 fully saturated rings. The third-order valence-corrected chi connectivity index (χ3v) is 5.19. The average Bonchev–Trinajstić information content (AvgIpc) is 2.81. The standard InChI is InChI=1S/C17H13ClFNO2S/c18-14-7-2-1-4-11(14)10-23-15-9-16(21)20(17(15)22)13-6-3-5-12(19)8-13/h1-8,15H,9-10H2. The van der Waals surface area contributed by atoms with Gasteiger partial charge in [0.25, 0.3) is 0 Å². The fraction of sp³-hybridized carbons (Fsp3) is 0.176. The van der Waals surface area contributed by atoms with Gasteiger partial charge in [-0.05, 0) is 29.8 Å². The van der Waals surface area contributed by atoms with Crippen molar-refractivity contribution >= 4 is 40.9 Å². The molecule has 2 amide bonds. The molecule has 1 unspecified atom stereocenters. The summed E-state index contributed by atoms with van der Waals surface area (Å²) < 4.78 is 13.3. The Kier molecular flexibility index (Phi) is 4.68. The SMILES string of the molecule is O=C1CC(SCc2ccccc2Cl)C(=O)N1c1cccc(F)c1. The van der Waals surface area contributed by atoms with Gasteiger partial charge in [-0.1, -0.05) is 35.9 Å². The first-order valence-electron chi connectivity index (χ1n) is 7.03. The molecule has 0 bridgehead atoms. The number of imide groups is 1. The van der Waals surface area contributed by atoms with Crippen LogP contribution in [0.2, 0.25) is 5.02 Å². The van der Waals surface area contributed by atoms with Crippen LogP contribution >= 0.6 is 23.4 Å². The van der Waals surface area contributed by atoms with Crippen molar-refractivity contribution in [2.45, 2.75) is 17.4 Å². The van der Waals surface area contributed by atoms with Gasteiger partial charge in [-0.15, -0.1) is 11.8 Å². The van der Waals surface area contributed by atoms with Crippen LogP contribution in [0, 0.1) is 5.82 Å². The Morgan fingerprint density at radius 1 is 1.17 bits per heavy atom. The Morgan fingerprint density at radius 3 is 2.70 bits per heavy atom. The van der Waals surface area contributed by atoms with E-state index in [0.717, 1.165) is 10.5 Å². The lowest BCUT2D eigenvalue weighted by Crippen LogP contribution is -2.31. The summed E-state index contributed by atoms with van der Waals surface area (Å²) in [6, 6.07) is 12.9. The minimum atomic E-state index is -0.477. The summed E-state index contributed by atoms with van der Waals surface area (Å²) in [6.07, 6.45) is 0.116. The highest BCUT2D eigenvalue weighted by atomic mass is 35.5. The predicted molar refractivity (Wildman–Crippen MR) is 90.0 cm³/mol. The van der Waals surface area contributed by atoms with E-state index >= 15 is 0 Å². The second-order valence-electron chi connectivity index (χ2n) is 5.14. The zero-order valence-corrected chi connectivity index (χ0v) is 13.6. The molecule has 23 heavy (non-hydrogen) atoms. The Hall–Kier alpha value is -1.85. The topological polar surface area (TPSA) is 37.4 Å². The summed E-state index contributed by atoms with van der Waals surface area (Å²) >= 11 is 7.47. The minimum absolute atomic E-state index is 0.116. The minimum Gasteiger partial charge on any atom is -0.274 e. The largest absolute Gasteiger partial charge is 0.274 e. The molecule has 0 saturated carbocycles. The molecule has 0 radical (unpaired) electrons. The predicted octanol–water partition coefficient (Wildman–Crippen LogP) is 4.04. The van der Waals surface area contributed by atoms with E-state index in [2.05, 4.69) is 0 Å². The van der Waals surface area contributed by atoms with Crippen molar-refractivity contribution in [1.82, 2.24) is 0 Å². The van der Waals surface area contributed by atoms with E-state index in [4.69, 9.17) is 11.6 Å². The van der Waals surface area contributed by atoms with Crippen LogP contribution in [0.3, 0.4) is 0 Å². The Labute approximate surface area is 142 Å². The maximum absolute atomic E-state index is 13.3. The van der Waals surface area contributed by atoms with Crippen molar-refractivity contribution in [2.75, 3.05) is 4.90 Å². The number of benzene rings is 2. The fourth-order valence-electron chi connectivity index (χ4n) is 2.43. The molecule has 2 aromatic carbocycles.